The van der Waals surface area contributed by atoms with Crippen LogP contribution in [0.25, 0.3) is 0 Å². The van der Waals surface area contributed by atoms with Gasteiger partial charge in [-0.3, -0.25) is 0 Å². The number of nitriles is 1. The fourth-order valence-electron chi connectivity index (χ4n) is 1.58. The highest BCUT2D eigenvalue weighted by molar-refractivity contribution is 6.08. The molecule has 94 valence electrons. The van der Waals surface area contributed by atoms with Gasteiger partial charge in [-0.2, -0.15) is 5.26 Å². The Balaban J connectivity index is 2.46. The highest BCUT2D eigenvalue weighted by atomic mass is 16.3. The van der Waals surface area contributed by atoms with Gasteiger partial charge < -0.3 is 10.2 Å². The Morgan fingerprint density at radius 3 is 2.84 bits per heavy atom. The third-order valence-electron chi connectivity index (χ3n) is 2.36. The van der Waals surface area contributed by atoms with E-state index in [0.29, 0.717) is 28.4 Å². The minimum atomic E-state index is 0.563. The van der Waals surface area contributed by atoms with Crippen molar-refractivity contribution in [3.8, 4) is 6.07 Å². The van der Waals surface area contributed by atoms with Crippen molar-refractivity contribution in [2.24, 2.45) is 10.7 Å². The molecule has 0 radical (unpaired) electrons. The number of nitrogens with two attached hydrogens (primary N) is 1. The molecule has 0 spiro atoms. The van der Waals surface area contributed by atoms with Crippen molar-refractivity contribution in [2.75, 3.05) is 0 Å². The molecular weight excluding hydrogens is 238 g/mol. The van der Waals surface area contributed by atoms with E-state index in [4.69, 9.17) is 15.4 Å². The monoisotopic (exact) mass is 251 g/mol. The Morgan fingerprint density at radius 2 is 2.21 bits per heavy atom. The number of rotatable bonds is 3. The summed E-state index contributed by atoms with van der Waals surface area (Å²) in [7, 11) is 0. The van der Waals surface area contributed by atoms with Gasteiger partial charge in [0, 0.05) is 5.70 Å². The molecule has 0 unspecified atom stereocenters. The van der Waals surface area contributed by atoms with E-state index in [2.05, 4.69) is 11.1 Å². The molecule has 2 N–H and O–H groups in total. The fraction of sp³-hybridized carbons (Fsp3) is 0.0667. The van der Waals surface area contributed by atoms with Crippen LogP contribution in [0.5, 0.6) is 0 Å². The van der Waals surface area contributed by atoms with Crippen LogP contribution in [0.2, 0.25) is 0 Å². The predicted octanol–water partition coefficient (Wildman–Crippen LogP) is 3.13. The molecule has 4 nitrogen and oxygen atoms in total. The standard InChI is InChI=1S/C15H13N3O/c1-11(17)8-14(15-6-3-7-19-15)18-13-5-2-4-12(9-13)10-16/h2-9H,17H2,1H3/b11-8-,18-14?. The average molecular weight is 251 g/mol. The highest BCUT2D eigenvalue weighted by Gasteiger charge is 2.04. The summed E-state index contributed by atoms with van der Waals surface area (Å²) in [6.07, 6.45) is 3.31. The largest absolute Gasteiger partial charge is 0.463 e. The molecule has 0 aliphatic rings. The molecule has 2 rings (SSSR count). The van der Waals surface area contributed by atoms with Crippen molar-refractivity contribution < 1.29 is 4.42 Å². The summed E-state index contributed by atoms with van der Waals surface area (Å²) in [5, 5.41) is 8.88. The number of benzene rings is 1. The molecule has 4 heteroatoms. The van der Waals surface area contributed by atoms with Gasteiger partial charge in [0.25, 0.3) is 0 Å². The van der Waals surface area contributed by atoms with E-state index in [1.807, 2.05) is 12.1 Å². The second-order valence-electron chi connectivity index (χ2n) is 4.02. The van der Waals surface area contributed by atoms with Gasteiger partial charge in [-0.05, 0) is 43.3 Å². The van der Waals surface area contributed by atoms with Crippen LogP contribution in [0.15, 0.2) is 63.8 Å². The van der Waals surface area contributed by atoms with E-state index < -0.39 is 0 Å². The summed E-state index contributed by atoms with van der Waals surface area (Å²) < 4.78 is 5.33. The Labute approximate surface area is 111 Å². The van der Waals surface area contributed by atoms with Crippen LogP contribution in [0.4, 0.5) is 5.69 Å². The lowest BCUT2D eigenvalue weighted by Gasteiger charge is -2.00. The van der Waals surface area contributed by atoms with Crippen LogP contribution < -0.4 is 5.73 Å². The first-order valence-electron chi connectivity index (χ1n) is 5.75. The lowest BCUT2D eigenvalue weighted by atomic mass is 10.2. The Bertz CT molecular complexity index is 657. The normalized spacial score (nSPS) is 12.2. The van der Waals surface area contributed by atoms with Crippen LogP contribution in [-0.2, 0) is 0 Å². The first-order valence-corrected chi connectivity index (χ1v) is 5.75. The van der Waals surface area contributed by atoms with Crippen LogP contribution >= 0.6 is 0 Å². The van der Waals surface area contributed by atoms with Gasteiger partial charge >= 0.3 is 0 Å². The molecule has 0 amide bonds. The van der Waals surface area contributed by atoms with Crippen LogP contribution in [0.1, 0.15) is 18.2 Å². The Kier molecular flexibility index (Phi) is 3.79. The molecule has 0 fully saturated rings. The first kappa shape index (κ1) is 12.7. The van der Waals surface area contributed by atoms with Crippen molar-refractivity contribution in [1.82, 2.24) is 0 Å². The molecule has 0 aliphatic carbocycles. The van der Waals surface area contributed by atoms with E-state index >= 15 is 0 Å². The molecule has 0 bridgehead atoms. The van der Waals surface area contributed by atoms with E-state index in [9.17, 15) is 0 Å². The Morgan fingerprint density at radius 1 is 1.37 bits per heavy atom. The molecule has 2 aromatic rings. The summed E-state index contributed by atoms with van der Waals surface area (Å²) >= 11 is 0. The zero-order chi connectivity index (χ0) is 13.7. The number of furan rings is 1. The fourth-order valence-corrected chi connectivity index (χ4v) is 1.58. The van der Waals surface area contributed by atoms with Crippen LogP contribution in [0, 0.1) is 11.3 Å². The van der Waals surface area contributed by atoms with E-state index in [-0.39, 0.29) is 0 Å². The first-order chi connectivity index (χ1) is 9.19. The summed E-state index contributed by atoms with van der Waals surface area (Å²) in [5.74, 6) is 0.632. The SMILES string of the molecule is C/C(N)=C/C(=Nc1cccc(C#N)c1)c1ccco1. The van der Waals surface area contributed by atoms with Crippen molar-refractivity contribution >= 4 is 11.4 Å². The molecule has 1 heterocycles. The highest BCUT2D eigenvalue weighted by Crippen LogP contribution is 2.17. The molecule has 1 aromatic heterocycles. The van der Waals surface area contributed by atoms with Gasteiger partial charge in [0.15, 0.2) is 5.76 Å². The van der Waals surface area contributed by atoms with Crippen molar-refractivity contribution in [1.29, 1.82) is 5.26 Å². The molecule has 0 saturated carbocycles. The zero-order valence-corrected chi connectivity index (χ0v) is 10.5. The lowest BCUT2D eigenvalue weighted by Crippen LogP contribution is -2.00. The van der Waals surface area contributed by atoms with Gasteiger partial charge in [0.1, 0.15) is 5.71 Å². The smallest absolute Gasteiger partial charge is 0.152 e. The number of hydrogen-bond donors (Lipinski definition) is 1. The van der Waals surface area contributed by atoms with Crippen LogP contribution in [0.3, 0.4) is 0 Å². The van der Waals surface area contributed by atoms with Crippen molar-refractivity contribution in [3.05, 3.63) is 65.8 Å². The number of allylic oxidation sites excluding steroid dienone is 2. The maximum Gasteiger partial charge on any atom is 0.152 e. The molecule has 0 aliphatic heterocycles. The predicted molar refractivity (Wildman–Crippen MR) is 74.0 cm³/mol. The number of hydrogen-bond acceptors (Lipinski definition) is 4. The third-order valence-corrected chi connectivity index (χ3v) is 2.36. The summed E-state index contributed by atoms with van der Waals surface area (Å²) in [4.78, 5) is 4.47. The van der Waals surface area contributed by atoms with Gasteiger partial charge in [-0.1, -0.05) is 6.07 Å². The average Bonchev–Trinajstić information content (AvgIpc) is 2.91. The van der Waals surface area contributed by atoms with Crippen LogP contribution in [-0.4, -0.2) is 5.71 Å². The third kappa shape index (κ3) is 3.33. The van der Waals surface area contributed by atoms with Gasteiger partial charge in [-0.25, -0.2) is 4.99 Å². The summed E-state index contributed by atoms with van der Waals surface area (Å²) in [6, 6.07) is 12.7. The molecule has 0 saturated heterocycles. The van der Waals surface area contributed by atoms with E-state index in [1.165, 1.54) is 0 Å². The van der Waals surface area contributed by atoms with Gasteiger partial charge in [0.2, 0.25) is 0 Å². The maximum atomic E-state index is 8.88. The van der Waals surface area contributed by atoms with E-state index in [1.54, 1.807) is 43.5 Å². The summed E-state index contributed by atoms with van der Waals surface area (Å²) in [6.45, 7) is 1.78. The van der Waals surface area contributed by atoms with E-state index in [0.717, 1.165) is 0 Å². The topological polar surface area (TPSA) is 75.3 Å². The van der Waals surface area contributed by atoms with Gasteiger partial charge in [-0.15, -0.1) is 0 Å². The second kappa shape index (κ2) is 5.69. The molecule has 19 heavy (non-hydrogen) atoms. The van der Waals surface area contributed by atoms with Crippen molar-refractivity contribution in [2.45, 2.75) is 6.92 Å². The molecule has 0 atom stereocenters. The number of nitrogens with zero attached hydrogens (tertiary/aromatic N) is 2. The molecular formula is C15H13N3O. The zero-order valence-electron chi connectivity index (χ0n) is 10.5. The van der Waals surface area contributed by atoms with Gasteiger partial charge in [0.05, 0.1) is 23.6 Å². The lowest BCUT2D eigenvalue weighted by molar-refractivity contribution is 0.558. The number of aliphatic imine (C=N–C) groups is 1. The minimum Gasteiger partial charge on any atom is -0.463 e. The summed E-state index contributed by atoms with van der Waals surface area (Å²) in [5.41, 5.74) is 8.20. The maximum absolute atomic E-state index is 8.88. The Hall–Kier alpha value is -2.80. The second-order valence-corrected chi connectivity index (χ2v) is 4.02. The molecule has 1 aromatic carbocycles. The van der Waals surface area contributed by atoms with Crippen molar-refractivity contribution in [3.63, 3.8) is 0 Å². The quantitative estimate of drug-likeness (QED) is 0.851. The minimum absolute atomic E-state index is 0.563.